The van der Waals surface area contributed by atoms with Crippen molar-refractivity contribution >= 4 is 0 Å². The number of hydrogen-bond donors (Lipinski definition) is 1. The Hall–Kier alpha value is -2.14. The van der Waals surface area contributed by atoms with Gasteiger partial charge in [0.1, 0.15) is 11.5 Å². The maximum atomic E-state index is 5.63. The number of aryl methyl sites for hydroxylation is 1. The predicted molar refractivity (Wildman–Crippen MR) is 84.8 cm³/mol. The topological polar surface area (TPSA) is 52.9 Å². The van der Waals surface area contributed by atoms with Gasteiger partial charge in [-0.1, -0.05) is 0 Å². The molecular formula is C17H23NO4. The minimum Gasteiger partial charge on any atom is -0.493 e. The number of furan rings is 1. The summed E-state index contributed by atoms with van der Waals surface area (Å²) in [6, 6.07) is 7.95. The molecular weight excluding hydrogens is 282 g/mol. The van der Waals surface area contributed by atoms with Crippen LogP contribution in [0.4, 0.5) is 0 Å². The third-order valence-electron chi connectivity index (χ3n) is 3.52. The molecule has 0 radical (unpaired) electrons. The second-order valence-electron chi connectivity index (χ2n) is 5.08. The number of ether oxygens (including phenoxy) is 3. The molecule has 1 aromatic carbocycles. The van der Waals surface area contributed by atoms with Gasteiger partial charge >= 0.3 is 0 Å². The van der Waals surface area contributed by atoms with Crippen LogP contribution in [-0.4, -0.2) is 21.3 Å². The fraction of sp³-hybridized carbons (Fsp3) is 0.412. The Morgan fingerprint density at radius 2 is 1.68 bits per heavy atom. The molecule has 0 fully saturated rings. The summed E-state index contributed by atoms with van der Waals surface area (Å²) in [7, 11) is 4.82. The van der Waals surface area contributed by atoms with Gasteiger partial charge in [-0.05, 0) is 43.7 Å². The smallest absolute Gasteiger partial charge is 0.203 e. The van der Waals surface area contributed by atoms with Crippen molar-refractivity contribution in [1.82, 2.24) is 5.32 Å². The van der Waals surface area contributed by atoms with E-state index in [2.05, 4.69) is 12.2 Å². The number of methoxy groups -OCH3 is 3. The van der Waals surface area contributed by atoms with Gasteiger partial charge in [0.15, 0.2) is 11.5 Å². The zero-order chi connectivity index (χ0) is 16.1. The highest BCUT2D eigenvalue weighted by Crippen LogP contribution is 2.38. The van der Waals surface area contributed by atoms with E-state index in [0.29, 0.717) is 23.8 Å². The minimum absolute atomic E-state index is 0.118. The average molecular weight is 305 g/mol. The summed E-state index contributed by atoms with van der Waals surface area (Å²) >= 11 is 0. The normalized spacial score (nSPS) is 12.0. The van der Waals surface area contributed by atoms with Crippen LogP contribution in [0.1, 0.15) is 30.0 Å². The molecule has 0 aliphatic rings. The standard InChI is InChI=1S/C17H23NO4/c1-11-6-7-14(22-11)12(2)18-10-13-8-15(19-3)17(21-5)16(9-13)20-4/h6-9,12,18H,10H2,1-5H3/t12-/m1/s1. The molecule has 1 aromatic heterocycles. The molecule has 0 unspecified atom stereocenters. The van der Waals surface area contributed by atoms with Gasteiger partial charge in [-0.3, -0.25) is 0 Å². The molecule has 0 saturated heterocycles. The number of nitrogens with one attached hydrogen (secondary N) is 1. The summed E-state index contributed by atoms with van der Waals surface area (Å²) in [5.74, 6) is 3.74. The molecule has 2 rings (SSSR count). The summed E-state index contributed by atoms with van der Waals surface area (Å²) in [5.41, 5.74) is 1.05. The van der Waals surface area contributed by atoms with Gasteiger partial charge in [0, 0.05) is 6.54 Å². The number of rotatable bonds is 7. The number of hydrogen-bond acceptors (Lipinski definition) is 5. The highest BCUT2D eigenvalue weighted by molar-refractivity contribution is 5.53. The van der Waals surface area contributed by atoms with Crippen molar-refractivity contribution in [1.29, 1.82) is 0 Å². The first kappa shape index (κ1) is 16.2. The Morgan fingerprint density at radius 1 is 1.05 bits per heavy atom. The van der Waals surface area contributed by atoms with Crippen LogP contribution in [0.15, 0.2) is 28.7 Å². The molecule has 22 heavy (non-hydrogen) atoms. The molecule has 0 aliphatic carbocycles. The second-order valence-corrected chi connectivity index (χ2v) is 5.08. The molecule has 5 heteroatoms. The van der Waals surface area contributed by atoms with Gasteiger partial charge in [-0.15, -0.1) is 0 Å². The first-order chi connectivity index (χ1) is 10.6. The molecule has 2 aromatic rings. The van der Waals surface area contributed by atoms with E-state index in [9.17, 15) is 0 Å². The van der Waals surface area contributed by atoms with Crippen LogP contribution in [0.3, 0.4) is 0 Å². The summed E-state index contributed by atoms with van der Waals surface area (Å²) < 4.78 is 21.7. The predicted octanol–water partition coefficient (Wildman–Crippen LogP) is 3.46. The van der Waals surface area contributed by atoms with Gasteiger partial charge in [-0.25, -0.2) is 0 Å². The summed E-state index contributed by atoms with van der Waals surface area (Å²) in [5, 5.41) is 3.42. The lowest BCUT2D eigenvalue weighted by atomic mass is 10.1. The molecule has 1 atom stereocenters. The van der Waals surface area contributed by atoms with Crippen molar-refractivity contribution in [2.75, 3.05) is 21.3 Å². The van der Waals surface area contributed by atoms with Crippen molar-refractivity contribution in [2.45, 2.75) is 26.4 Å². The summed E-state index contributed by atoms with van der Waals surface area (Å²) in [6.45, 7) is 4.67. The van der Waals surface area contributed by atoms with Crippen LogP contribution in [0.5, 0.6) is 17.2 Å². The van der Waals surface area contributed by atoms with Crippen LogP contribution in [0.25, 0.3) is 0 Å². The van der Waals surface area contributed by atoms with Gasteiger partial charge in [-0.2, -0.15) is 0 Å². The van der Waals surface area contributed by atoms with E-state index < -0.39 is 0 Å². The zero-order valence-electron chi connectivity index (χ0n) is 13.7. The Kier molecular flexibility index (Phi) is 5.33. The third-order valence-corrected chi connectivity index (χ3v) is 3.52. The average Bonchev–Trinajstić information content (AvgIpc) is 2.97. The van der Waals surface area contributed by atoms with Crippen LogP contribution in [-0.2, 0) is 6.54 Å². The van der Waals surface area contributed by atoms with E-state index in [1.165, 1.54) is 0 Å². The van der Waals surface area contributed by atoms with Crippen LogP contribution >= 0.6 is 0 Å². The third kappa shape index (κ3) is 3.54. The molecule has 0 aliphatic heterocycles. The van der Waals surface area contributed by atoms with E-state index in [1.54, 1.807) is 21.3 Å². The summed E-state index contributed by atoms with van der Waals surface area (Å²) in [4.78, 5) is 0. The SMILES string of the molecule is COc1cc(CN[C@H](C)c2ccc(C)o2)cc(OC)c1OC. The van der Waals surface area contributed by atoms with E-state index in [0.717, 1.165) is 17.1 Å². The van der Waals surface area contributed by atoms with Crippen LogP contribution in [0.2, 0.25) is 0 Å². The van der Waals surface area contributed by atoms with Crippen molar-refractivity contribution in [3.05, 3.63) is 41.3 Å². The Bertz CT molecular complexity index is 596. The molecule has 1 heterocycles. The number of benzene rings is 1. The fourth-order valence-electron chi connectivity index (χ4n) is 2.30. The van der Waals surface area contributed by atoms with Crippen molar-refractivity contribution in [3.63, 3.8) is 0 Å². The maximum Gasteiger partial charge on any atom is 0.203 e. The maximum absolute atomic E-state index is 5.63. The Labute approximate surface area is 131 Å². The lowest BCUT2D eigenvalue weighted by molar-refractivity contribution is 0.323. The van der Waals surface area contributed by atoms with Gasteiger partial charge in [0.2, 0.25) is 5.75 Å². The lowest BCUT2D eigenvalue weighted by Crippen LogP contribution is -2.17. The molecule has 0 spiro atoms. The fourth-order valence-corrected chi connectivity index (χ4v) is 2.30. The highest BCUT2D eigenvalue weighted by atomic mass is 16.5. The van der Waals surface area contributed by atoms with E-state index in [-0.39, 0.29) is 6.04 Å². The minimum atomic E-state index is 0.118. The molecule has 120 valence electrons. The van der Waals surface area contributed by atoms with Crippen molar-refractivity contribution in [2.24, 2.45) is 0 Å². The van der Waals surface area contributed by atoms with E-state index in [4.69, 9.17) is 18.6 Å². The zero-order valence-corrected chi connectivity index (χ0v) is 13.7. The monoisotopic (exact) mass is 305 g/mol. The second kappa shape index (κ2) is 7.22. The van der Waals surface area contributed by atoms with Gasteiger partial charge in [0.05, 0.1) is 27.4 Å². The first-order valence-corrected chi connectivity index (χ1v) is 7.17. The Morgan fingerprint density at radius 3 is 2.14 bits per heavy atom. The van der Waals surface area contributed by atoms with Crippen LogP contribution in [0, 0.1) is 6.92 Å². The highest BCUT2D eigenvalue weighted by Gasteiger charge is 2.14. The molecule has 0 saturated carbocycles. The van der Waals surface area contributed by atoms with Gasteiger partial charge in [0.25, 0.3) is 0 Å². The van der Waals surface area contributed by atoms with Gasteiger partial charge < -0.3 is 23.9 Å². The van der Waals surface area contributed by atoms with Crippen molar-refractivity contribution < 1.29 is 18.6 Å². The lowest BCUT2D eigenvalue weighted by Gasteiger charge is -2.16. The van der Waals surface area contributed by atoms with Crippen molar-refractivity contribution in [3.8, 4) is 17.2 Å². The molecule has 1 N–H and O–H groups in total. The molecule has 0 amide bonds. The molecule has 0 bridgehead atoms. The van der Waals surface area contributed by atoms with E-state index in [1.807, 2.05) is 31.2 Å². The van der Waals surface area contributed by atoms with Crippen LogP contribution < -0.4 is 19.5 Å². The summed E-state index contributed by atoms with van der Waals surface area (Å²) in [6.07, 6.45) is 0. The first-order valence-electron chi connectivity index (χ1n) is 7.17. The largest absolute Gasteiger partial charge is 0.493 e. The quantitative estimate of drug-likeness (QED) is 0.849. The van der Waals surface area contributed by atoms with E-state index >= 15 is 0 Å². The molecule has 5 nitrogen and oxygen atoms in total. The Balaban J connectivity index is 2.12.